The Balaban J connectivity index is 1.28. The molecule has 9 aromatic rings. The molecule has 0 fully saturated rings. The lowest BCUT2D eigenvalue weighted by atomic mass is 9.95. The standard InChI is InChI=1S/C41H25N3O/c1-4-11-28(12-5-1)37-38(29-13-6-2-7-14-29)44-39-32(17-10-18-34(39)42-37)31-22-20-26-19-21-27-23-24-35-40(36(27)33(26)25-31)45-41(43-35)30-15-8-3-9-16-30/h1-25H. The highest BCUT2D eigenvalue weighted by molar-refractivity contribution is 6.19. The molecule has 0 saturated carbocycles. The van der Waals surface area contributed by atoms with Gasteiger partial charge in [0, 0.05) is 27.6 Å². The predicted molar refractivity (Wildman–Crippen MR) is 184 cm³/mol. The summed E-state index contributed by atoms with van der Waals surface area (Å²) in [5, 5.41) is 4.42. The van der Waals surface area contributed by atoms with Crippen molar-refractivity contribution in [1.82, 2.24) is 15.0 Å². The second-order valence-corrected chi connectivity index (χ2v) is 11.2. The largest absolute Gasteiger partial charge is 0.435 e. The minimum Gasteiger partial charge on any atom is -0.435 e. The molecule has 0 spiro atoms. The average molecular weight is 576 g/mol. The van der Waals surface area contributed by atoms with Crippen molar-refractivity contribution in [1.29, 1.82) is 0 Å². The Kier molecular flexibility index (Phi) is 5.78. The minimum atomic E-state index is 0.623. The first-order valence-electron chi connectivity index (χ1n) is 15.0. The summed E-state index contributed by atoms with van der Waals surface area (Å²) in [6.07, 6.45) is 0. The van der Waals surface area contributed by atoms with Crippen molar-refractivity contribution in [3.63, 3.8) is 0 Å². The Morgan fingerprint density at radius 3 is 1.78 bits per heavy atom. The number of rotatable bonds is 4. The number of oxazole rings is 1. The highest BCUT2D eigenvalue weighted by Crippen LogP contribution is 2.39. The van der Waals surface area contributed by atoms with Crippen LogP contribution in [0.1, 0.15) is 0 Å². The maximum atomic E-state index is 6.48. The fourth-order valence-corrected chi connectivity index (χ4v) is 6.30. The van der Waals surface area contributed by atoms with Crippen molar-refractivity contribution < 1.29 is 4.42 Å². The van der Waals surface area contributed by atoms with Crippen LogP contribution in [0, 0.1) is 0 Å². The fourth-order valence-electron chi connectivity index (χ4n) is 6.30. The monoisotopic (exact) mass is 575 g/mol. The number of nitrogens with zero attached hydrogens (tertiary/aromatic N) is 3. The molecule has 45 heavy (non-hydrogen) atoms. The zero-order valence-corrected chi connectivity index (χ0v) is 24.2. The van der Waals surface area contributed by atoms with E-state index in [1.807, 2.05) is 78.9 Å². The fraction of sp³-hybridized carbons (Fsp3) is 0. The van der Waals surface area contributed by atoms with Crippen LogP contribution in [0.4, 0.5) is 0 Å². The number of fused-ring (bicyclic) bond motifs is 6. The molecule has 210 valence electrons. The van der Waals surface area contributed by atoms with Crippen LogP contribution in [0.15, 0.2) is 156 Å². The SMILES string of the molecule is c1ccc(-c2nc3ccc4ccc5ccc(-c6cccc7nc(-c8ccccc8)c(-c8ccccc8)nc67)cc5c4c3o2)cc1. The van der Waals surface area contributed by atoms with Crippen LogP contribution in [0.2, 0.25) is 0 Å². The molecular weight excluding hydrogens is 550 g/mol. The molecule has 2 aromatic heterocycles. The maximum absolute atomic E-state index is 6.48. The summed E-state index contributed by atoms with van der Waals surface area (Å²) >= 11 is 0. The van der Waals surface area contributed by atoms with Crippen LogP contribution in [0.5, 0.6) is 0 Å². The van der Waals surface area contributed by atoms with Crippen LogP contribution in [0.25, 0.3) is 88.8 Å². The van der Waals surface area contributed by atoms with E-state index >= 15 is 0 Å². The molecule has 0 bridgehead atoms. The molecule has 0 aliphatic heterocycles. The lowest BCUT2D eigenvalue weighted by Crippen LogP contribution is -1.97. The summed E-state index contributed by atoms with van der Waals surface area (Å²) in [5.41, 5.74) is 10.2. The van der Waals surface area contributed by atoms with E-state index < -0.39 is 0 Å². The number of hydrogen-bond acceptors (Lipinski definition) is 4. The summed E-state index contributed by atoms with van der Waals surface area (Å²) in [4.78, 5) is 15.4. The lowest BCUT2D eigenvalue weighted by molar-refractivity contribution is 0.623. The van der Waals surface area contributed by atoms with Gasteiger partial charge in [-0.1, -0.05) is 121 Å². The second-order valence-electron chi connectivity index (χ2n) is 11.2. The van der Waals surface area contributed by atoms with Crippen molar-refractivity contribution in [3.8, 4) is 45.1 Å². The van der Waals surface area contributed by atoms with Gasteiger partial charge in [-0.15, -0.1) is 0 Å². The highest BCUT2D eigenvalue weighted by Gasteiger charge is 2.17. The number of para-hydroxylation sites is 1. The molecule has 0 atom stereocenters. The zero-order valence-electron chi connectivity index (χ0n) is 24.2. The van der Waals surface area contributed by atoms with Gasteiger partial charge in [-0.2, -0.15) is 0 Å². The number of hydrogen-bond donors (Lipinski definition) is 0. The highest BCUT2D eigenvalue weighted by atomic mass is 16.3. The van der Waals surface area contributed by atoms with E-state index in [-0.39, 0.29) is 0 Å². The molecule has 0 radical (unpaired) electrons. The summed E-state index contributed by atoms with van der Waals surface area (Å²) in [7, 11) is 0. The van der Waals surface area contributed by atoms with Crippen LogP contribution in [-0.2, 0) is 0 Å². The first-order valence-corrected chi connectivity index (χ1v) is 15.0. The van der Waals surface area contributed by atoms with E-state index in [1.165, 1.54) is 0 Å². The number of aromatic nitrogens is 3. The molecule has 0 aliphatic rings. The molecule has 0 amide bonds. The molecule has 4 nitrogen and oxygen atoms in total. The number of benzene rings is 7. The maximum Gasteiger partial charge on any atom is 0.227 e. The summed E-state index contributed by atoms with van der Waals surface area (Å²) < 4.78 is 6.48. The van der Waals surface area contributed by atoms with Gasteiger partial charge in [0.2, 0.25) is 5.89 Å². The van der Waals surface area contributed by atoms with Crippen LogP contribution < -0.4 is 0 Å². The Hall–Kier alpha value is -6.13. The van der Waals surface area contributed by atoms with Crippen molar-refractivity contribution in [2.45, 2.75) is 0 Å². The third kappa shape index (κ3) is 4.27. The van der Waals surface area contributed by atoms with Crippen molar-refractivity contribution >= 4 is 43.7 Å². The van der Waals surface area contributed by atoms with Gasteiger partial charge in [0.1, 0.15) is 5.52 Å². The molecule has 9 rings (SSSR count). The molecule has 7 aromatic carbocycles. The van der Waals surface area contributed by atoms with Crippen LogP contribution in [-0.4, -0.2) is 15.0 Å². The first kappa shape index (κ1) is 25.4. The first-order chi connectivity index (χ1) is 22.3. The lowest BCUT2D eigenvalue weighted by Gasteiger charge is -2.14. The van der Waals surface area contributed by atoms with Crippen LogP contribution in [0.3, 0.4) is 0 Å². The Morgan fingerprint density at radius 1 is 0.422 bits per heavy atom. The minimum absolute atomic E-state index is 0.623. The normalized spacial score (nSPS) is 11.6. The average Bonchev–Trinajstić information content (AvgIpc) is 3.56. The molecule has 0 aliphatic carbocycles. The molecular formula is C41H25N3O. The molecule has 4 heteroatoms. The van der Waals surface area contributed by atoms with E-state index in [0.717, 1.165) is 82.9 Å². The van der Waals surface area contributed by atoms with E-state index in [1.54, 1.807) is 0 Å². The molecule has 0 unspecified atom stereocenters. The Morgan fingerprint density at radius 2 is 1.04 bits per heavy atom. The second kappa shape index (κ2) is 10.2. The molecule has 0 N–H and O–H groups in total. The summed E-state index contributed by atoms with van der Waals surface area (Å²) in [6.45, 7) is 0. The van der Waals surface area contributed by atoms with Gasteiger partial charge >= 0.3 is 0 Å². The van der Waals surface area contributed by atoms with Gasteiger partial charge in [0.25, 0.3) is 0 Å². The molecule has 2 heterocycles. The quantitative estimate of drug-likeness (QED) is 0.196. The zero-order chi connectivity index (χ0) is 29.7. The Bertz CT molecular complexity index is 2520. The van der Waals surface area contributed by atoms with E-state index in [4.69, 9.17) is 19.4 Å². The van der Waals surface area contributed by atoms with Crippen LogP contribution >= 0.6 is 0 Å². The summed E-state index contributed by atoms with van der Waals surface area (Å²) in [5.74, 6) is 0.623. The van der Waals surface area contributed by atoms with Gasteiger partial charge in [-0.25, -0.2) is 15.0 Å². The molecule has 0 saturated heterocycles. The predicted octanol–water partition coefficient (Wildman–Crippen LogP) is 10.7. The van der Waals surface area contributed by atoms with E-state index in [0.29, 0.717) is 5.89 Å². The summed E-state index contributed by atoms with van der Waals surface area (Å²) in [6, 6.07) is 52.0. The van der Waals surface area contributed by atoms with Crippen molar-refractivity contribution in [2.75, 3.05) is 0 Å². The van der Waals surface area contributed by atoms with Crippen molar-refractivity contribution in [3.05, 3.63) is 152 Å². The van der Waals surface area contributed by atoms with E-state index in [9.17, 15) is 0 Å². The van der Waals surface area contributed by atoms with Gasteiger partial charge in [-0.05, 0) is 52.1 Å². The smallest absolute Gasteiger partial charge is 0.227 e. The van der Waals surface area contributed by atoms with Gasteiger partial charge < -0.3 is 4.42 Å². The Labute approximate surface area is 259 Å². The van der Waals surface area contributed by atoms with Crippen molar-refractivity contribution in [2.24, 2.45) is 0 Å². The third-order valence-electron chi connectivity index (χ3n) is 8.48. The van der Waals surface area contributed by atoms with Gasteiger partial charge in [0.15, 0.2) is 5.58 Å². The third-order valence-corrected chi connectivity index (χ3v) is 8.48. The van der Waals surface area contributed by atoms with Gasteiger partial charge in [0.05, 0.1) is 22.4 Å². The van der Waals surface area contributed by atoms with Gasteiger partial charge in [-0.3, -0.25) is 0 Å². The topological polar surface area (TPSA) is 51.8 Å². The van der Waals surface area contributed by atoms with E-state index in [2.05, 4.69) is 72.8 Å².